The van der Waals surface area contributed by atoms with Crippen LogP contribution in [0.2, 0.25) is 0 Å². The van der Waals surface area contributed by atoms with Crippen molar-refractivity contribution < 1.29 is 22.7 Å². The maximum Gasteiger partial charge on any atom is 0.339 e. The molecular weight excluding hydrogens is 296 g/mol. The maximum atomic E-state index is 12.3. The Hall–Kier alpha value is -1.38. The van der Waals surface area contributed by atoms with E-state index in [0.29, 0.717) is 13.1 Å². The van der Waals surface area contributed by atoms with E-state index in [2.05, 4.69) is 4.72 Å². The van der Waals surface area contributed by atoms with Gasteiger partial charge in [0.2, 0.25) is 0 Å². The van der Waals surface area contributed by atoms with Crippen LogP contribution in [-0.2, 0) is 16.8 Å². The molecule has 118 valence electrons. The fraction of sp³-hybridized carbons (Fsp3) is 0.615. The van der Waals surface area contributed by atoms with Gasteiger partial charge in [-0.05, 0) is 18.9 Å². The normalized spacial score (nSPS) is 18.1. The second kappa shape index (κ2) is 7.06. The van der Waals surface area contributed by atoms with Gasteiger partial charge in [-0.2, -0.15) is 17.4 Å². The summed E-state index contributed by atoms with van der Waals surface area (Å²) in [4.78, 5) is 10.9. The van der Waals surface area contributed by atoms with Gasteiger partial charge in [-0.15, -0.1) is 0 Å². The first-order chi connectivity index (χ1) is 10.0. The summed E-state index contributed by atoms with van der Waals surface area (Å²) in [6.07, 6.45) is 6.16. The lowest BCUT2D eigenvalue weighted by Crippen LogP contribution is -2.42. The fourth-order valence-corrected chi connectivity index (χ4v) is 3.61. The Morgan fingerprint density at radius 1 is 1.24 bits per heavy atom. The zero-order chi connectivity index (χ0) is 15.3. The lowest BCUT2D eigenvalue weighted by atomic mass is 10.1. The van der Waals surface area contributed by atoms with Gasteiger partial charge in [0, 0.05) is 13.1 Å². The topological polar surface area (TPSA) is 99.8 Å². The number of carboxylic acid groups (broad SMARTS) is 1. The Labute approximate surface area is 124 Å². The molecule has 21 heavy (non-hydrogen) atoms. The third-order valence-electron chi connectivity index (χ3n) is 3.55. The number of furan rings is 1. The molecule has 0 spiro atoms. The summed E-state index contributed by atoms with van der Waals surface area (Å²) < 4.78 is 33.4. The molecule has 0 atom stereocenters. The van der Waals surface area contributed by atoms with Crippen molar-refractivity contribution in [3.8, 4) is 0 Å². The number of nitrogens with one attached hydrogen (secondary N) is 1. The summed E-state index contributed by atoms with van der Waals surface area (Å²) in [5.74, 6) is -1.03. The first kappa shape index (κ1) is 16.0. The predicted octanol–water partition coefficient (Wildman–Crippen LogP) is 1.58. The lowest BCUT2D eigenvalue weighted by molar-refractivity contribution is 0.0694. The SMILES string of the molecule is O=C(O)c1ccoc1CNS(=O)(=O)N1CCCCCCC1. The van der Waals surface area contributed by atoms with E-state index in [1.54, 1.807) is 0 Å². The van der Waals surface area contributed by atoms with Crippen molar-refractivity contribution in [1.29, 1.82) is 0 Å². The molecule has 0 saturated carbocycles. The first-order valence-corrected chi connectivity index (χ1v) is 8.49. The minimum Gasteiger partial charge on any atom is -0.478 e. The van der Waals surface area contributed by atoms with Gasteiger partial charge in [-0.25, -0.2) is 4.79 Å². The summed E-state index contributed by atoms with van der Waals surface area (Å²) in [7, 11) is -3.61. The Morgan fingerprint density at radius 3 is 2.48 bits per heavy atom. The number of nitrogens with zero attached hydrogens (tertiary/aromatic N) is 1. The van der Waals surface area contributed by atoms with Gasteiger partial charge >= 0.3 is 5.97 Å². The molecule has 2 rings (SSSR count). The number of hydrogen-bond donors (Lipinski definition) is 2. The molecule has 0 aliphatic carbocycles. The maximum absolute atomic E-state index is 12.3. The summed E-state index contributed by atoms with van der Waals surface area (Å²) in [5.41, 5.74) is -0.0228. The van der Waals surface area contributed by atoms with Gasteiger partial charge in [0.25, 0.3) is 10.2 Å². The van der Waals surface area contributed by atoms with Crippen LogP contribution < -0.4 is 4.72 Å². The average Bonchev–Trinajstić information content (AvgIpc) is 2.84. The third kappa shape index (κ3) is 4.29. The van der Waals surface area contributed by atoms with Crippen molar-refractivity contribution in [1.82, 2.24) is 9.03 Å². The molecular formula is C13H20N2O5S. The molecule has 1 aliphatic heterocycles. The second-order valence-electron chi connectivity index (χ2n) is 5.06. The number of rotatable bonds is 5. The lowest BCUT2D eigenvalue weighted by Gasteiger charge is -2.24. The van der Waals surface area contributed by atoms with Crippen LogP contribution in [0.4, 0.5) is 0 Å². The van der Waals surface area contributed by atoms with Crippen LogP contribution in [-0.4, -0.2) is 36.9 Å². The number of aromatic carboxylic acids is 1. The van der Waals surface area contributed by atoms with Crippen molar-refractivity contribution in [2.45, 2.75) is 38.6 Å². The fourth-order valence-electron chi connectivity index (χ4n) is 2.37. The monoisotopic (exact) mass is 316 g/mol. The Balaban J connectivity index is 1.99. The molecule has 1 aromatic heterocycles. The van der Waals surface area contributed by atoms with E-state index in [0.717, 1.165) is 32.1 Å². The van der Waals surface area contributed by atoms with Crippen molar-refractivity contribution in [2.75, 3.05) is 13.1 Å². The minimum absolute atomic E-state index is 0.0228. The smallest absolute Gasteiger partial charge is 0.339 e. The largest absolute Gasteiger partial charge is 0.478 e. The molecule has 0 radical (unpaired) electrons. The highest BCUT2D eigenvalue weighted by atomic mass is 32.2. The van der Waals surface area contributed by atoms with Crippen molar-refractivity contribution in [2.24, 2.45) is 0 Å². The van der Waals surface area contributed by atoms with Crippen LogP contribution in [0, 0.1) is 0 Å². The average molecular weight is 316 g/mol. The summed E-state index contributed by atoms with van der Waals surface area (Å²) in [5, 5.41) is 8.95. The highest BCUT2D eigenvalue weighted by Gasteiger charge is 2.23. The van der Waals surface area contributed by atoms with Gasteiger partial charge in [0.05, 0.1) is 12.8 Å². The van der Waals surface area contributed by atoms with E-state index in [4.69, 9.17) is 9.52 Å². The zero-order valence-electron chi connectivity index (χ0n) is 11.7. The molecule has 0 unspecified atom stereocenters. The Bertz CT molecular complexity index is 573. The second-order valence-corrected chi connectivity index (χ2v) is 6.81. The van der Waals surface area contributed by atoms with Crippen LogP contribution in [0.3, 0.4) is 0 Å². The summed E-state index contributed by atoms with van der Waals surface area (Å²) >= 11 is 0. The molecule has 1 fully saturated rings. The molecule has 0 amide bonds. The Morgan fingerprint density at radius 2 is 1.86 bits per heavy atom. The van der Waals surface area contributed by atoms with Gasteiger partial charge in [-0.1, -0.05) is 19.3 Å². The molecule has 0 bridgehead atoms. The predicted molar refractivity (Wildman–Crippen MR) is 76.1 cm³/mol. The highest BCUT2D eigenvalue weighted by molar-refractivity contribution is 7.87. The Kier molecular flexibility index (Phi) is 5.38. The van der Waals surface area contributed by atoms with Crippen LogP contribution >= 0.6 is 0 Å². The van der Waals surface area contributed by atoms with Gasteiger partial charge in [0.1, 0.15) is 11.3 Å². The highest BCUT2D eigenvalue weighted by Crippen LogP contribution is 2.14. The van der Waals surface area contributed by atoms with Gasteiger partial charge < -0.3 is 9.52 Å². The number of carbonyl (C=O) groups is 1. The van der Waals surface area contributed by atoms with E-state index in [1.807, 2.05) is 0 Å². The van der Waals surface area contributed by atoms with Crippen LogP contribution in [0.1, 0.15) is 48.2 Å². The van der Waals surface area contributed by atoms with Crippen LogP contribution in [0.15, 0.2) is 16.7 Å². The molecule has 1 aromatic rings. The minimum atomic E-state index is -3.61. The van der Waals surface area contributed by atoms with Crippen molar-refractivity contribution in [3.63, 3.8) is 0 Å². The number of carboxylic acids is 1. The molecule has 7 nitrogen and oxygen atoms in total. The molecule has 8 heteroatoms. The third-order valence-corrected chi connectivity index (χ3v) is 5.10. The van der Waals surface area contributed by atoms with E-state index in [1.165, 1.54) is 16.6 Å². The summed E-state index contributed by atoms with van der Waals surface area (Å²) in [6, 6.07) is 1.31. The zero-order valence-corrected chi connectivity index (χ0v) is 12.6. The molecule has 0 aromatic carbocycles. The van der Waals surface area contributed by atoms with Gasteiger partial charge in [-0.3, -0.25) is 0 Å². The van der Waals surface area contributed by atoms with E-state index >= 15 is 0 Å². The molecule has 2 N–H and O–H groups in total. The first-order valence-electron chi connectivity index (χ1n) is 7.05. The van der Waals surface area contributed by atoms with E-state index in [-0.39, 0.29) is 17.9 Å². The molecule has 1 aliphatic rings. The van der Waals surface area contributed by atoms with E-state index in [9.17, 15) is 13.2 Å². The molecule has 2 heterocycles. The van der Waals surface area contributed by atoms with Crippen LogP contribution in [0.25, 0.3) is 0 Å². The molecule has 1 saturated heterocycles. The quantitative estimate of drug-likeness (QED) is 0.859. The van der Waals surface area contributed by atoms with Crippen molar-refractivity contribution >= 4 is 16.2 Å². The van der Waals surface area contributed by atoms with E-state index < -0.39 is 16.2 Å². The summed E-state index contributed by atoms with van der Waals surface area (Å²) in [6.45, 7) is 0.839. The number of hydrogen-bond acceptors (Lipinski definition) is 4. The van der Waals surface area contributed by atoms with Gasteiger partial charge in [0.15, 0.2) is 0 Å². The van der Waals surface area contributed by atoms with Crippen LogP contribution in [0.5, 0.6) is 0 Å². The van der Waals surface area contributed by atoms with Crippen molar-refractivity contribution in [3.05, 3.63) is 23.7 Å². The standard InChI is InChI=1S/C13H20N2O5S/c16-13(17)11-6-9-20-12(11)10-14-21(18,19)15-7-4-2-1-3-5-8-15/h6,9,14H,1-5,7-8,10H2,(H,16,17).